The van der Waals surface area contributed by atoms with Crippen LogP contribution in [0.5, 0.6) is 0 Å². The van der Waals surface area contributed by atoms with Gasteiger partial charge >= 0.3 is 6.03 Å². The van der Waals surface area contributed by atoms with Crippen LogP contribution >= 0.6 is 11.6 Å². The van der Waals surface area contributed by atoms with Gasteiger partial charge in [0.25, 0.3) is 0 Å². The summed E-state index contributed by atoms with van der Waals surface area (Å²) in [6.07, 6.45) is 1.97. The minimum absolute atomic E-state index is 0.0801. The van der Waals surface area contributed by atoms with Crippen molar-refractivity contribution in [3.8, 4) is 0 Å². The number of urea groups is 1. The molecule has 0 unspecified atom stereocenters. The zero-order valence-corrected chi connectivity index (χ0v) is 20.4. The van der Waals surface area contributed by atoms with Crippen LogP contribution in [0, 0.1) is 17.8 Å². The Morgan fingerprint density at radius 1 is 0.933 bits per heavy atom. The van der Waals surface area contributed by atoms with Crippen LogP contribution in [-0.2, 0) is 13.0 Å². The molecule has 0 saturated heterocycles. The molecule has 0 aliphatic carbocycles. The summed E-state index contributed by atoms with van der Waals surface area (Å²) in [7, 11) is 0. The smallest absolute Gasteiger partial charge is 0.320 e. The predicted molar refractivity (Wildman–Crippen MR) is 129 cm³/mol. The van der Waals surface area contributed by atoms with E-state index in [1.54, 1.807) is 6.07 Å². The van der Waals surface area contributed by atoms with Crippen molar-refractivity contribution in [3.63, 3.8) is 0 Å². The number of hydrogen-bond donors (Lipinski definition) is 1. The molecule has 0 aliphatic rings. The van der Waals surface area contributed by atoms with Crippen LogP contribution in [0.25, 0.3) is 0 Å². The van der Waals surface area contributed by atoms with Gasteiger partial charge in [0, 0.05) is 23.8 Å². The SMILES string of the molecule is Cc1cc(Cl)ccc1NC(=O)N(CCC(C)(C)C)Cc1ccc(CC(C)(C)C)cc1. The monoisotopic (exact) mass is 428 g/mol. The first-order chi connectivity index (χ1) is 13.8. The first-order valence-electron chi connectivity index (χ1n) is 10.7. The lowest BCUT2D eigenvalue weighted by Gasteiger charge is -2.28. The van der Waals surface area contributed by atoms with Gasteiger partial charge in [-0.15, -0.1) is 0 Å². The van der Waals surface area contributed by atoms with Crippen molar-refractivity contribution in [1.82, 2.24) is 4.90 Å². The van der Waals surface area contributed by atoms with Gasteiger partial charge in [0.05, 0.1) is 0 Å². The third-order valence-electron chi connectivity index (χ3n) is 4.98. The predicted octanol–water partition coefficient (Wildman–Crippen LogP) is 7.71. The molecule has 2 aromatic rings. The van der Waals surface area contributed by atoms with E-state index in [1.165, 1.54) is 5.56 Å². The summed E-state index contributed by atoms with van der Waals surface area (Å²) >= 11 is 6.05. The summed E-state index contributed by atoms with van der Waals surface area (Å²) in [5.41, 5.74) is 4.64. The number of amides is 2. The fourth-order valence-corrected chi connectivity index (χ4v) is 3.51. The van der Waals surface area contributed by atoms with Gasteiger partial charge in [0.2, 0.25) is 0 Å². The molecule has 30 heavy (non-hydrogen) atoms. The van der Waals surface area contributed by atoms with Crippen LogP contribution in [0.15, 0.2) is 42.5 Å². The Morgan fingerprint density at radius 3 is 2.07 bits per heavy atom. The molecule has 2 aromatic carbocycles. The number of benzene rings is 2. The van der Waals surface area contributed by atoms with Gasteiger partial charge in [-0.2, -0.15) is 0 Å². The standard InChI is InChI=1S/C26H37ClN2O/c1-19-16-22(27)12-13-23(19)28-24(30)29(15-14-25(2,3)4)18-21-10-8-20(9-11-21)17-26(5,6)7/h8-13,16H,14-15,17-18H2,1-7H3,(H,28,30). The third kappa shape index (κ3) is 8.39. The highest BCUT2D eigenvalue weighted by Crippen LogP contribution is 2.24. The first kappa shape index (κ1) is 24.3. The number of hydrogen-bond acceptors (Lipinski definition) is 1. The molecule has 0 aromatic heterocycles. The molecule has 3 nitrogen and oxygen atoms in total. The average molecular weight is 429 g/mol. The number of rotatable bonds is 6. The van der Waals surface area contributed by atoms with Gasteiger partial charge in [-0.25, -0.2) is 4.79 Å². The maximum atomic E-state index is 13.1. The van der Waals surface area contributed by atoms with Crippen LogP contribution in [0.4, 0.5) is 10.5 Å². The third-order valence-corrected chi connectivity index (χ3v) is 5.21. The van der Waals surface area contributed by atoms with E-state index in [4.69, 9.17) is 11.6 Å². The topological polar surface area (TPSA) is 32.3 Å². The van der Waals surface area contributed by atoms with Crippen molar-refractivity contribution in [2.75, 3.05) is 11.9 Å². The van der Waals surface area contributed by atoms with E-state index in [0.29, 0.717) is 18.1 Å². The highest BCUT2D eigenvalue weighted by atomic mass is 35.5. The van der Waals surface area contributed by atoms with E-state index in [0.717, 1.165) is 29.7 Å². The molecule has 0 bridgehead atoms. The van der Waals surface area contributed by atoms with Crippen molar-refractivity contribution in [1.29, 1.82) is 0 Å². The maximum absolute atomic E-state index is 13.1. The normalized spacial score (nSPS) is 12.0. The molecule has 0 atom stereocenters. The van der Waals surface area contributed by atoms with E-state index < -0.39 is 0 Å². The maximum Gasteiger partial charge on any atom is 0.322 e. The number of halogens is 1. The molecule has 1 N–H and O–H groups in total. The van der Waals surface area contributed by atoms with Gasteiger partial charge in [-0.1, -0.05) is 77.4 Å². The number of nitrogens with one attached hydrogen (secondary N) is 1. The summed E-state index contributed by atoms with van der Waals surface area (Å²) in [5, 5.41) is 3.74. The second kappa shape index (κ2) is 9.87. The minimum Gasteiger partial charge on any atom is -0.320 e. The van der Waals surface area contributed by atoms with Crippen LogP contribution in [0.3, 0.4) is 0 Å². The molecule has 2 rings (SSSR count). The summed E-state index contributed by atoms with van der Waals surface area (Å²) in [6, 6.07) is 14.1. The van der Waals surface area contributed by atoms with Crippen molar-refractivity contribution in [2.24, 2.45) is 10.8 Å². The van der Waals surface area contributed by atoms with Gasteiger partial charge in [-0.05, 0) is 65.5 Å². The summed E-state index contributed by atoms with van der Waals surface area (Å²) in [6.45, 7) is 16.6. The molecule has 0 spiro atoms. The molecule has 0 aliphatic heterocycles. The lowest BCUT2D eigenvalue weighted by molar-refractivity contribution is 0.198. The van der Waals surface area contributed by atoms with Gasteiger partial charge < -0.3 is 10.2 Å². The second-order valence-electron chi connectivity index (χ2n) is 10.7. The fraction of sp³-hybridized carbons (Fsp3) is 0.500. The summed E-state index contributed by atoms with van der Waals surface area (Å²) < 4.78 is 0. The molecule has 164 valence electrons. The lowest BCUT2D eigenvalue weighted by atomic mass is 9.88. The average Bonchev–Trinajstić information content (AvgIpc) is 2.60. The molecule has 2 amide bonds. The highest BCUT2D eigenvalue weighted by molar-refractivity contribution is 6.30. The highest BCUT2D eigenvalue weighted by Gasteiger charge is 2.19. The lowest BCUT2D eigenvalue weighted by Crippen LogP contribution is -2.36. The Kier molecular flexibility index (Phi) is 7.99. The van der Waals surface area contributed by atoms with E-state index in [9.17, 15) is 4.79 Å². The minimum atomic E-state index is -0.0801. The molecular formula is C26H37ClN2O. The molecule has 4 heteroatoms. The first-order valence-corrected chi connectivity index (χ1v) is 11.1. The van der Waals surface area contributed by atoms with Crippen LogP contribution < -0.4 is 5.32 Å². The van der Waals surface area contributed by atoms with Crippen LogP contribution in [-0.4, -0.2) is 17.5 Å². The number of carbonyl (C=O) groups excluding carboxylic acids is 1. The van der Waals surface area contributed by atoms with Gasteiger partial charge in [0.15, 0.2) is 0 Å². The van der Waals surface area contributed by atoms with E-state index in [1.807, 2.05) is 24.0 Å². The summed E-state index contributed by atoms with van der Waals surface area (Å²) in [4.78, 5) is 15.0. The van der Waals surface area contributed by atoms with E-state index in [-0.39, 0.29) is 16.9 Å². The number of anilines is 1. The quantitative estimate of drug-likeness (QED) is 0.502. The van der Waals surface area contributed by atoms with Gasteiger partial charge in [0.1, 0.15) is 0 Å². The molecule has 0 fully saturated rings. The Labute approximate surface area is 187 Å². The summed E-state index contributed by atoms with van der Waals surface area (Å²) in [5.74, 6) is 0. The Balaban J connectivity index is 2.14. The van der Waals surface area contributed by atoms with Crippen molar-refractivity contribution < 1.29 is 4.79 Å². The zero-order valence-electron chi connectivity index (χ0n) is 19.6. The van der Waals surface area contributed by atoms with Crippen molar-refractivity contribution >= 4 is 23.3 Å². The number of carbonyl (C=O) groups is 1. The zero-order chi connectivity index (χ0) is 22.5. The van der Waals surface area contributed by atoms with Crippen molar-refractivity contribution in [3.05, 3.63) is 64.2 Å². The van der Waals surface area contributed by atoms with Crippen molar-refractivity contribution in [2.45, 2.75) is 67.9 Å². The molecular weight excluding hydrogens is 392 g/mol. The Hall–Kier alpha value is -2.00. The molecule has 0 saturated carbocycles. The van der Waals surface area contributed by atoms with Crippen LogP contribution in [0.1, 0.15) is 64.7 Å². The van der Waals surface area contributed by atoms with Gasteiger partial charge in [-0.3, -0.25) is 0 Å². The Morgan fingerprint density at radius 2 is 1.53 bits per heavy atom. The fourth-order valence-electron chi connectivity index (χ4n) is 3.28. The largest absolute Gasteiger partial charge is 0.322 e. The second-order valence-corrected chi connectivity index (χ2v) is 11.1. The molecule has 0 heterocycles. The Bertz CT molecular complexity index is 845. The van der Waals surface area contributed by atoms with E-state index >= 15 is 0 Å². The number of aryl methyl sites for hydroxylation is 1. The number of nitrogens with zero attached hydrogens (tertiary/aromatic N) is 1. The molecule has 0 radical (unpaired) electrons. The van der Waals surface area contributed by atoms with Crippen LogP contribution in [0.2, 0.25) is 5.02 Å². The van der Waals surface area contributed by atoms with E-state index in [2.05, 4.69) is 71.1 Å².